The van der Waals surface area contributed by atoms with Crippen LogP contribution in [0.25, 0.3) is 0 Å². The van der Waals surface area contributed by atoms with Gasteiger partial charge in [-0.1, -0.05) is 12.1 Å². The van der Waals surface area contributed by atoms with Crippen molar-refractivity contribution in [3.8, 4) is 5.75 Å². The maximum absolute atomic E-state index is 12.3. The van der Waals surface area contributed by atoms with Gasteiger partial charge in [0.15, 0.2) is 5.11 Å². The molecule has 2 aromatic rings. The van der Waals surface area contributed by atoms with Gasteiger partial charge in [-0.15, -0.1) is 0 Å². The minimum atomic E-state index is -0.501. The van der Waals surface area contributed by atoms with Crippen molar-refractivity contribution in [3.05, 3.63) is 62.6 Å². The maximum atomic E-state index is 12.3. The number of hydrogen-bond acceptors (Lipinski definition) is 5. The molecule has 0 radical (unpaired) electrons. The predicted octanol–water partition coefficient (Wildman–Crippen LogP) is 3.88. The zero-order valence-electron chi connectivity index (χ0n) is 13.1. The molecule has 0 saturated carbocycles. The summed E-state index contributed by atoms with van der Waals surface area (Å²) in [6.45, 7) is 2.26. The van der Waals surface area contributed by atoms with Crippen molar-refractivity contribution in [3.63, 3.8) is 0 Å². The first-order chi connectivity index (χ1) is 11.9. The number of carbonyl (C=O) groups excluding carboxylic acids is 1. The van der Waals surface area contributed by atoms with Gasteiger partial charge in [0.1, 0.15) is 5.75 Å². The molecule has 7 nitrogen and oxygen atoms in total. The largest absolute Gasteiger partial charge is 0.493 e. The quantitative estimate of drug-likeness (QED) is 0.430. The van der Waals surface area contributed by atoms with Gasteiger partial charge < -0.3 is 10.1 Å². The summed E-state index contributed by atoms with van der Waals surface area (Å²) in [4.78, 5) is 22.6. The van der Waals surface area contributed by atoms with E-state index in [0.29, 0.717) is 28.1 Å². The molecule has 0 aromatic heterocycles. The van der Waals surface area contributed by atoms with Gasteiger partial charge in [-0.2, -0.15) is 0 Å². The number of rotatable bonds is 5. The molecule has 0 saturated heterocycles. The number of carbonyl (C=O) groups is 1. The van der Waals surface area contributed by atoms with Crippen LogP contribution in [0.1, 0.15) is 17.3 Å². The number of thiocarbonyl (C=S) groups is 1. The number of halogens is 1. The second-order valence-electron chi connectivity index (χ2n) is 4.76. The van der Waals surface area contributed by atoms with Gasteiger partial charge in [0.2, 0.25) is 0 Å². The fourth-order valence-corrected chi connectivity index (χ4v) is 2.65. The van der Waals surface area contributed by atoms with Crippen molar-refractivity contribution < 1.29 is 14.5 Å². The lowest BCUT2D eigenvalue weighted by atomic mass is 10.2. The van der Waals surface area contributed by atoms with Crippen LogP contribution < -0.4 is 15.4 Å². The highest BCUT2D eigenvalue weighted by Crippen LogP contribution is 2.27. The van der Waals surface area contributed by atoms with Crippen LogP contribution in [0.15, 0.2) is 46.9 Å². The van der Waals surface area contributed by atoms with E-state index in [-0.39, 0.29) is 10.8 Å². The van der Waals surface area contributed by atoms with Crippen LogP contribution in [-0.2, 0) is 0 Å². The first-order valence-corrected chi connectivity index (χ1v) is 8.40. The van der Waals surface area contributed by atoms with E-state index in [9.17, 15) is 14.9 Å². The molecule has 0 aliphatic carbocycles. The topological polar surface area (TPSA) is 93.5 Å². The Morgan fingerprint density at radius 3 is 2.68 bits per heavy atom. The molecule has 25 heavy (non-hydrogen) atoms. The number of anilines is 1. The monoisotopic (exact) mass is 423 g/mol. The third-order valence-corrected chi connectivity index (χ3v) is 3.93. The lowest BCUT2D eigenvalue weighted by molar-refractivity contribution is -0.384. The molecule has 2 aromatic carbocycles. The Bertz CT molecular complexity index is 829. The Kier molecular flexibility index (Phi) is 6.43. The maximum Gasteiger partial charge on any atom is 0.270 e. The molecule has 2 N–H and O–H groups in total. The van der Waals surface area contributed by atoms with Gasteiger partial charge in [-0.3, -0.25) is 20.2 Å². The molecule has 0 heterocycles. The molecular formula is C16H14BrN3O4S. The lowest BCUT2D eigenvalue weighted by Gasteiger charge is -2.13. The summed E-state index contributed by atoms with van der Waals surface area (Å²) in [7, 11) is 0. The van der Waals surface area contributed by atoms with Gasteiger partial charge >= 0.3 is 0 Å². The molecule has 0 atom stereocenters. The van der Waals surface area contributed by atoms with Crippen molar-refractivity contribution >= 4 is 50.5 Å². The van der Waals surface area contributed by atoms with Crippen LogP contribution in [0.3, 0.4) is 0 Å². The SMILES string of the molecule is CCOc1ccccc1C(=O)NC(=S)Nc1ccc([N+](=O)[O-])cc1Br. The Morgan fingerprint density at radius 1 is 1.32 bits per heavy atom. The third-order valence-electron chi connectivity index (χ3n) is 3.07. The molecule has 130 valence electrons. The van der Waals surface area contributed by atoms with Crippen LogP contribution in [0.4, 0.5) is 11.4 Å². The third kappa shape index (κ3) is 4.97. The zero-order valence-corrected chi connectivity index (χ0v) is 15.5. The van der Waals surface area contributed by atoms with Crippen molar-refractivity contribution in [1.29, 1.82) is 0 Å². The van der Waals surface area contributed by atoms with E-state index in [4.69, 9.17) is 17.0 Å². The number of hydrogen-bond donors (Lipinski definition) is 2. The van der Waals surface area contributed by atoms with Gasteiger partial charge in [0.25, 0.3) is 11.6 Å². The predicted molar refractivity (Wildman–Crippen MR) is 102 cm³/mol. The minimum Gasteiger partial charge on any atom is -0.493 e. The Hall–Kier alpha value is -2.52. The Labute approximate surface area is 157 Å². The first-order valence-electron chi connectivity index (χ1n) is 7.20. The molecule has 2 rings (SSSR count). The molecule has 0 unspecified atom stereocenters. The fraction of sp³-hybridized carbons (Fsp3) is 0.125. The Balaban J connectivity index is 2.08. The van der Waals surface area contributed by atoms with E-state index in [1.165, 1.54) is 18.2 Å². The minimum absolute atomic E-state index is 0.0574. The van der Waals surface area contributed by atoms with Gasteiger partial charge in [0, 0.05) is 16.6 Å². The van der Waals surface area contributed by atoms with E-state index in [1.807, 2.05) is 6.92 Å². The summed E-state index contributed by atoms with van der Waals surface area (Å²) in [5.74, 6) is 0.0430. The van der Waals surface area contributed by atoms with Gasteiger partial charge in [-0.05, 0) is 53.3 Å². The normalized spacial score (nSPS) is 10.0. The van der Waals surface area contributed by atoms with Gasteiger partial charge in [-0.25, -0.2) is 0 Å². The van der Waals surface area contributed by atoms with Crippen molar-refractivity contribution in [2.75, 3.05) is 11.9 Å². The number of nitrogens with zero attached hydrogens (tertiary/aromatic N) is 1. The number of non-ortho nitro benzene ring substituents is 1. The van der Waals surface area contributed by atoms with Crippen LogP contribution in [-0.4, -0.2) is 22.5 Å². The summed E-state index contributed by atoms with van der Waals surface area (Å²) in [5.41, 5.74) is 0.795. The van der Waals surface area contributed by atoms with Crippen molar-refractivity contribution in [1.82, 2.24) is 5.32 Å². The second kappa shape index (κ2) is 8.54. The number of ether oxygens (including phenoxy) is 1. The number of nitro groups is 1. The smallest absolute Gasteiger partial charge is 0.270 e. The number of benzene rings is 2. The molecule has 0 spiro atoms. The highest BCUT2D eigenvalue weighted by Gasteiger charge is 2.15. The summed E-state index contributed by atoms with van der Waals surface area (Å²) < 4.78 is 5.87. The molecule has 0 aliphatic heterocycles. The average Bonchev–Trinajstić information content (AvgIpc) is 2.57. The average molecular weight is 424 g/mol. The summed E-state index contributed by atoms with van der Waals surface area (Å²) in [5, 5.41) is 16.2. The molecule has 0 bridgehead atoms. The van der Waals surface area contributed by atoms with Crippen LogP contribution in [0.5, 0.6) is 5.75 Å². The fourth-order valence-electron chi connectivity index (χ4n) is 1.98. The second-order valence-corrected chi connectivity index (χ2v) is 6.02. The highest BCUT2D eigenvalue weighted by atomic mass is 79.9. The van der Waals surface area contributed by atoms with Crippen LogP contribution >= 0.6 is 28.1 Å². The van der Waals surface area contributed by atoms with E-state index in [1.54, 1.807) is 24.3 Å². The van der Waals surface area contributed by atoms with E-state index < -0.39 is 10.8 Å². The van der Waals surface area contributed by atoms with Gasteiger partial charge in [0.05, 0.1) is 22.8 Å². The highest BCUT2D eigenvalue weighted by molar-refractivity contribution is 9.10. The van der Waals surface area contributed by atoms with E-state index >= 15 is 0 Å². The van der Waals surface area contributed by atoms with Crippen LogP contribution in [0, 0.1) is 10.1 Å². The number of amides is 1. The summed E-state index contributed by atoms with van der Waals surface area (Å²) in [6.07, 6.45) is 0. The number of nitrogens with one attached hydrogen (secondary N) is 2. The first kappa shape index (κ1) is 18.8. The lowest BCUT2D eigenvalue weighted by Crippen LogP contribution is -2.34. The molecule has 0 fully saturated rings. The number of nitro benzene ring substituents is 1. The molecule has 1 amide bonds. The van der Waals surface area contributed by atoms with Crippen molar-refractivity contribution in [2.45, 2.75) is 6.92 Å². The van der Waals surface area contributed by atoms with E-state index in [2.05, 4.69) is 26.6 Å². The zero-order chi connectivity index (χ0) is 18.4. The molecule has 9 heteroatoms. The van der Waals surface area contributed by atoms with E-state index in [0.717, 1.165) is 0 Å². The standard InChI is InChI=1S/C16H14BrN3O4S/c1-2-24-14-6-4-3-5-11(14)15(21)19-16(25)18-13-8-7-10(20(22)23)9-12(13)17/h3-9H,2H2,1H3,(H2,18,19,21,25). The number of para-hydroxylation sites is 1. The summed E-state index contributed by atoms with van der Waals surface area (Å²) >= 11 is 8.35. The van der Waals surface area contributed by atoms with Crippen LogP contribution in [0.2, 0.25) is 0 Å². The molecular weight excluding hydrogens is 410 g/mol. The van der Waals surface area contributed by atoms with Crippen molar-refractivity contribution in [2.24, 2.45) is 0 Å². The summed E-state index contributed by atoms with van der Waals surface area (Å²) in [6, 6.07) is 11.0. The Morgan fingerprint density at radius 2 is 2.04 bits per heavy atom. The molecule has 0 aliphatic rings.